The van der Waals surface area contributed by atoms with E-state index in [0.29, 0.717) is 28.3 Å². The molecule has 27 heavy (non-hydrogen) atoms. The number of methoxy groups -OCH3 is 1. The lowest BCUT2D eigenvalue weighted by Gasteiger charge is -2.18. The Morgan fingerprint density at radius 3 is 2.63 bits per heavy atom. The Labute approximate surface area is 156 Å². The van der Waals surface area contributed by atoms with Gasteiger partial charge in [0.2, 0.25) is 0 Å². The van der Waals surface area contributed by atoms with Crippen LogP contribution in [0.3, 0.4) is 0 Å². The van der Waals surface area contributed by atoms with Gasteiger partial charge in [0.15, 0.2) is 15.5 Å². The first kappa shape index (κ1) is 17.3. The summed E-state index contributed by atoms with van der Waals surface area (Å²) in [6.07, 6.45) is 0. The molecule has 2 aromatic carbocycles. The van der Waals surface area contributed by atoms with Gasteiger partial charge < -0.3 is 10.1 Å². The Morgan fingerprint density at radius 1 is 1.15 bits per heavy atom. The molecule has 0 spiro atoms. The molecule has 1 amide bonds. The molecule has 4 rings (SSSR count). The average Bonchev–Trinajstić information content (AvgIpc) is 2.98. The van der Waals surface area contributed by atoms with Crippen LogP contribution < -0.4 is 10.1 Å². The fraction of sp³-hybridized carbons (Fsp3) is 0.158. The highest BCUT2D eigenvalue weighted by Crippen LogP contribution is 2.39. The van der Waals surface area contributed by atoms with Gasteiger partial charge in [0.05, 0.1) is 29.1 Å². The van der Waals surface area contributed by atoms with Crippen LogP contribution in [0.4, 0.5) is 5.69 Å². The summed E-state index contributed by atoms with van der Waals surface area (Å²) in [5.41, 5.74) is 2.19. The first-order valence-corrected chi connectivity index (χ1v) is 9.90. The van der Waals surface area contributed by atoms with E-state index in [1.165, 1.54) is 7.11 Å². The number of aromatic nitrogens is 2. The molecule has 1 aliphatic heterocycles. The summed E-state index contributed by atoms with van der Waals surface area (Å²) in [5.74, 6) is -0.235. The van der Waals surface area contributed by atoms with E-state index in [4.69, 9.17) is 4.74 Å². The van der Waals surface area contributed by atoms with Crippen molar-refractivity contribution in [2.75, 3.05) is 12.4 Å². The molecule has 1 N–H and O–H groups in total. The zero-order valence-corrected chi connectivity index (χ0v) is 15.6. The maximum Gasteiger partial charge on any atom is 0.276 e. The molecule has 1 aromatic heterocycles. The molecule has 0 radical (unpaired) electrons. The Balaban J connectivity index is 1.81. The summed E-state index contributed by atoms with van der Waals surface area (Å²) in [4.78, 5) is 13.1. The normalized spacial score (nSPS) is 14.1. The predicted octanol–water partition coefficient (Wildman–Crippen LogP) is 2.64. The number of anilines is 1. The molecule has 2 heterocycles. The number of para-hydroxylation sites is 2. The van der Waals surface area contributed by atoms with Crippen molar-refractivity contribution in [2.45, 2.75) is 10.6 Å². The number of hydrogen-bond acceptors (Lipinski definition) is 5. The largest absolute Gasteiger partial charge is 0.495 e. The lowest BCUT2D eigenvalue weighted by Crippen LogP contribution is -2.18. The van der Waals surface area contributed by atoms with Crippen molar-refractivity contribution in [3.05, 3.63) is 59.8 Å². The van der Waals surface area contributed by atoms with Crippen LogP contribution >= 0.6 is 0 Å². The summed E-state index contributed by atoms with van der Waals surface area (Å²) in [6.45, 7) is 0. The van der Waals surface area contributed by atoms with Gasteiger partial charge in [0.25, 0.3) is 5.91 Å². The van der Waals surface area contributed by atoms with Gasteiger partial charge in [-0.2, -0.15) is 5.10 Å². The Morgan fingerprint density at radius 2 is 1.85 bits per heavy atom. The van der Waals surface area contributed by atoms with E-state index in [9.17, 15) is 13.2 Å². The van der Waals surface area contributed by atoms with Gasteiger partial charge in [-0.15, -0.1) is 0 Å². The van der Waals surface area contributed by atoms with E-state index >= 15 is 0 Å². The third kappa shape index (κ3) is 2.78. The second kappa shape index (κ2) is 6.24. The minimum atomic E-state index is -3.54. The van der Waals surface area contributed by atoms with Gasteiger partial charge in [0, 0.05) is 18.2 Å². The quantitative estimate of drug-likeness (QED) is 0.751. The number of sulfone groups is 1. The minimum absolute atomic E-state index is 0.0940. The van der Waals surface area contributed by atoms with Gasteiger partial charge in [-0.1, -0.05) is 30.3 Å². The SMILES string of the molecule is COc1ccccc1NC(=O)c1nn(C)c2c1CS(=O)(=O)c1ccccc1-2. The number of ether oxygens (including phenoxy) is 1. The highest BCUT2D eigenvalue weighted by Gasteiger charge is 2.34. The van der Waals surface area contributed by atoms with Crippen LogP contribution in [0.25, 0.3) is 11.3 Å². The average molecular weight is 383 g/mol. The second-order valence-corrected chi connectivity index (χ2v) is 8.17. The molecule has 0 bridgehead atoms. The van der Waals surface area contributed by atoms with Crippen LogP contribution in [0.1, 0.15) is 16.1 Å². The van der Waals surface area contributed by atoms with Crippen molar-refractivity contribution in [1.29, 1.82) is 0 Å². The second-order valence-electron chi connectivity index (χ2n) is 6.21. The number of aryl methyl sites for hydroxylation is 1. The number of carbonyl (C=O) groups excluding carboxylic acids is 1. The van der Waals surface area contributed by atoms with Crippen molar-refractivity contribution < 1.29 is 17.9 Å². The fourth-order valence-corrected chi connectivity index (χ4v) is 4.95. The van der Waals surface area contributed by atoms with E-state index in [1.807, 2.05) is 0 Å². The van der Waals surface area contributed by atoms with Gasteiger partial charge in [-0.05, 0) is 18.2 Å². The smallest absolute Gasteiger partial charge is 0.276 e. The van der Waals surface area contributed by atoms with Gasteiger partial charge in [-0.3, -0.25) is 9.48 Å². The summed E-state index contributed by atoms with van der Waals surface area (Å²) in [7, 11) is -0.329. The highest BCUT2D eigenvalue weighted by molar-refractivity contribution is 7.90. The van der Waals surface area contributed by atoms with Gasteiger partial charge >= 0.3 is 0 Å². The lowest BCUT2D eigenvalue weighted by atomic mass is 10.1. The third-order valence-electron chi connectivity index (χ3n) is 4.53. The van der Waals surface area contributed by atoms with Crippen LogP contribution in [0, 0.1) is 0 Å². The molecule has 0 fully saturated rings. The van der Waals surface area contributed by atoms with Gasteiger partial charge in [0.1, 0.15) is 5.75 Å². The van der Waals surface area contributed by atoms with E-state index in [1.54, 1.807) is 60.3 Å². The number of nitrogens with one attached hydrogen (secondary N) is 1. The predicted molar refractivity (Wildman–Crippen MR) is 100 cm³/mol. The standard InChI is InChI=1S/C19H17N3O4S/c1-22-18-12-7-3-6-10-16(12)27(24,25)11-13(18)17(21-22)19(23)20-14-8-4-5-9-15(14)26-2/h3-10H,11H2,1-2H3,(H,20,23). The Hall–Kier alpha value is -3.13. The van der Waals surface area contributed by atoms with Crippen molar-refractivity contribution in [3.63, 3.8) is 0 Å². The molecule has 0 aliphatic carbocycles. The summed E-state index contributed by atoms with van der Waals surface area (Å²) in [5, 5.41) is 7.07. The summed E-state index contributed by atoms with van der Waals surface area (Å²) in [6, 6.07) is 13.8. The first-order chi connectivity index (χ1) is 12.9. The molecule has 0 atom stereocenters. The highest BCUT2D eigenvalue weighted by atomic mass is 32.2. The summed E-state index contributed by atoms with van der Waals surface area (Å²) >= 11 is 0. The van der Waals surface area contributed by atoms with Crippen LogP contribution in [0.2, 0.25) is 0 Å². The zero-order valence-electron chi connectivity index (χ0n) is 14.8. The summed E-state index contributed by atoms with van der Waals surface area (Å²) < 4.78 is 32.2. The Kier molecular flexibility index (Phi) is 4.00. The number of carbonyl (C=O) groups is 1. The molecule has 0 unspecified atom stereocenters. The van der Waals surface area contributed by atoms with Crippen LogP contribution in [-0.4, -0.2) is 31.2 Å². The van der Waals surface area contributed by atoms with E-state index in [2.05, 4.69) is 10.4 Å². The number of rotatable bonds is 3. The molecule has 7 nitrogen and oxygen atoms in total. The molecular formula is C19H17N3O4S. The molecule has 1 aliphatic rings. The molecule has 138 valence electrons. The van der Waals surface area contributed by atoms with Crippen molar-refractivity contribution >= 4 is 21.4 Å². The first-order valence-electron chi connectivity index (χ1n) is 8.25. The number of fused-ring (bicyclic) bond motifs is 3. The lowest BCUT2D eigenvalue weighted by molar-refractivity contribution is 0.102. The maximum atomic E-state index is 12.9. The van der Waals surface area contributed by atoms with Crippen molar-refractivity contribution in [2.24, 2.45) is 7.05 Å². The molecule has 0 saturated carbocycles. The molecule has 3 aromatic rings. The van der Waals surface area contributed by atoms with Crippen molar-refractivity contribution in [1.82, 2.24) is 9.78 Å². The number of amides is 1. The van der Waals surface area contributed by atoms with E-state index in [0.717, 1.165) is 0 Å². The van der Waals surface area contributed by atoms with Crippen molar-refractivity contribution in [3.8, 4) is 17.0 Å². The number of nitrogens with zero attached hydrogens (tertiary/aromatic N) is 2. The van der Waals surface area contributed by atoms with Gasteiger partial charge in [-0.25, -0.2) is 8.42 Å². The van der Waals surface area contributed by atoms with Crippen LogP contribution in [0.15, 0.2) is 53.4 Å². The van der Waals surface area contributed by atoms with Crippen LogP contribution in [-0.2, 0) is 22.6 Å². The molecule has 0 saturated heterocycles. The monoisotopic (exact) mass is 383 g/mol. The number of hydrogen-bond donors (Lipinski definition) is 1. The fourth-order valence-electron chi connectivity index (χ4n) is 3.35. The molecular weight excluding hydrogens is 366 g/mol. The van der Waals surface area contributed by atoms with Crippen LogP contribution in [0.5, 0.6) is 5.75 Å². The maximum absolute atomic E-state index is 12.9. The third-order valence-corrected chi connectivity index (χ3v) is 6.22. The topological polar surface area (TPSA) is 90.3 Å². The Bertz CT molecular complexity index is 1170. The minimum Gasteiger partial charge on any atom is -0.495 e. The zero-order chi connectivity index (χ0) is 19.2. The van der Waals surface area contributed by atoms with E-state index < -0.39 is 15.7 Å². The number of benzene rings is 2. The molecule has 8 heteroatoms. The van der Waals surface area contributed by atoms with E-state index in [-0.39, 0.29) is 16.3 Å².